The van der Waals surface area contributed by atoms with Gasteiger partial charge in [-0.05, 0) is 37.6 Å². The number of rotatable bonds is 2. The van der Waals surface area contributed by atoms with Crippen molar-refractivity contribution in [2.45, 2.75) is 18.9 Å². The maximum absolute atomic E-state index is 9.25. The molecule has 4 nitrogen and oxygen atoms in total. The number of imidazole rings is 1. The number of nitrogens with zero attached hydrogens (tertiary/aromatic N) is 3. The van der Waals surface area contributed by atoms with Gasteiger partial charge in [-0.2, -0.15) is 5.26 Å². The maximum atomic E-state index is 9.25. The largest absolute Gasteiger partial charge is 0.309 e. The number of aromatic nitrogens is 2. The van der Waals surface area contributed by atoms with E-state index in [2.05, 4.69) is 32.3 Å². The van der Waals surface area contributed by atoms with Crippen molar-refractivity contribution >= 4 is 15.9 Å². The van der Waals surface area contributed by atoms with Crippen molar-refractivity contribution in [1.82, 2.24) is 14.9 Å². The zero-order valence-electron chi connectivity index (χ0n) is 10.3. The van der Waals surface area contributed by atoms with E-state index in [0.717, 1.165) is 28.8 Å². The van der Waals surface area contributed by atoms with Gasteiger partial charge in [0.25, 0.3) is 0 Å². The summed E-state index contributed by atoms with van der Waals surface area (Å²) in [5.74, 6) is 0. The Hall–Kier alpha value is -1.64. The third kappa shape index (κ3) is 2.29. The Balaban J connectivity index is 2.10. The quantitative estimate of drug-likeness (QED) is 0.926. The van der Waals surface area contributed by atoms with Crippen LogP contribution in [0.3, 0.4) is 0 Å². The fourth-order valence-electron chi connectivity index (χ4n) is 2.50. The van der Waals surface area contributed by atoms with Crippen LogP contribution < -0.4 is 5.32 Å². The first-order valence-corrected chi connectivity index (χ1v) is 7.04. The average Bonchev–Trinajstić information content (AvgIpc) is 3.09. The molecule has 2 aromatic rings. The summed E-state index contributed by atoms with van der Waals surface area (Å²) < 4.78 is 2.97. The molecule has 1 saturated heterocycles. The van der Waals surface area contributed by atoms with E-state index in [0.29, 0.717) is 11.6 Å². The van der Waals surface area contributed by atoms with Gasteiger partial charge in [0.15, 0.2) is 0 Å². The van der Waals surface area contributed by atoms with E-state index < -0.39 is 0 Å². The van der Waals surface area contributed by atoms with Crippen LogP contribution in [0.25, 0.3) is 5.69 Å². The molecule has 19 heavy (non-hydrogen) atoms. The molecule has 1 atom stereocenters. The fraction of sp³-hybridized carbons (Fsp3) is 0.286. The van der Waals surface area contributed by atoms with Crippen LogP contribution >= 0.6 is 15.9 Å². The summed E-state index contributed by atoms with van der Waals surface area (Å²) in [6, 6.07) is 8.23. The minimum Gasteiger partial charge on any atom is -0.309 e. The molecule has 5 heteroatoms. The van der Waals surface area contributed by atoms with E-state index in [9.17, 15) is 5.26 Å². The minimum absolute atomic E-state index is 0.327. The van der Waals surface area contributed by atoms with E-state index in [1.165, 1.54) is 6.42 Å². The highest BCUT2D eigenvalue weighted by Crippen LogP contribution is 2.27. The smallest absolute Gasteiger partial charge is 0.101 e. The third-order valence-corrected chi connectivity index (χ3v) is 3.92. The highest BCUT2D eigenvalue weighted by atomic mass is 79.9. The van der Waals surface area contributed by atoms with Crippen LogP contribution in [0.15, 0.2) is 35.2 Å². The normalized spacial score (nSPS) is 18.4. The Morgan fingerprint density at radius 2 is 2.37 bits per heavy atom. The van der Waals surface area contributed by atoms with E-state index in [-0.39, 0.29) is 0 Å². The predicted molar refractivity (Wildman–Crippen MR) is 76.0 cm³/mol. The van der Waals surface area contributed by atoms with Crippen LogP contribution in [0, 0.1) is 11.3 Å². The molecule has 0 bridgehead atoms. The van der Waals surface area contributed by atoms with Crippen molar-refractivity contribution < 1.29 is 0 Å². The Morgan fingerprint density at radius 1 is 1.47 bits per heavy atom. The first kappa shape index (κ1) is 12.4. The molecule has 1 aliphatic rings. The van der Waals surface area contributed by atoms with Gasteiger partial charge >= 0.3 is 0 Å². The summed E-state index contributed by atoms with van der Waals surface area (Å²) in [6.07, 6.45) is 5.95. The third-order valence-electron chi connectivity index (χ3n) is 3.42. The Kier molecular flexibility index (Phi) is 3.36. The van der Waals surface area contributed by atoms with Gasteiger partial charge in [0.1, 0.15) is 6.07 Å². The van der Waals surface area contributed by atoms with Crippen LogP contribution in [0.5, 0.6) is 0 Å². The number of benzene rings is 1. The van der Waals surface area contributed by atoms with Crippen molar-refractivity contribution in [3.63, 3.8) is 0 Å². The van der Waals surface area contributed by atoms with Crippen LogP contribution in [-0.4, -0.2) is 16.1 Å². The summed E-state index contributed by atoms with van der Waals surface area (Å²) in [4.78, 5) is 4.25. The SMILES string of the molecule is N#Cc1ccc(Br)cc1-n1cncc1[C@@H]1CCCN1. The maximum Gasteiger partial charge on any atom is 0.101 e. The zero-order valence-corrected chi connectivity index (χ0v) is 11.9. The number of halogens is 1. The van der Waals surface area contributed by atoms with Crippen molar-refractivity contribution in [2.75, 3.05) is 6.54 Å². The Bertz CT molecular complexity index is 635. The van der Waals surface area contributed by atoms with Gasteiger partial charge in [0.2, 0.25) is 0 Å². The van der Waals surface area contributed by atoms with Crippen LogP contribution in [0.4, 0.5) is 0 Å². The zero-order chi connectivity index (χ0) is 13.2. The Morgan fingerprint density at radius 3 is 3.11 bits per heavy atom. The van der Waals surface area contributed by atoms with Gasteiger partial charge in [-0.3, -0.25) is 0 Å². The number of hydrogen-bond acceptors (Lipinski definition) is 3. The average molecular weight is 317 g/mol. The highest BCUT2D eigenvalue weighted by molar-refractivity contribution is 9.10. The van der Waals surface area contributed by atoms with E-state index in [4.69, 9.17) is 0 Å². The van der Waals surface area contributed by atoms with E-state index in [1.807, 2.05) is 29.0 Å². The molecule has 96 valence electrons. The molecule has 1 aromatic carbocycles. The lowest BCUT2D eigenvalue weighted by atomic mass is 10.1. The Labute approximate surface area is 120 Å². The number of nitrogens with one attached hydrogen (secondary N) is 1. The van der Waals surface area contributed by atoms with Crippen LogP contribution in [0.2, 0.25) is 0 Å². The monoisotopic (exact) mass is 316 g/mol. The van der Waals surface area contributed by atoms with E-state index >= 15 is 0 Å². The molecule has 0 amide bonds. The predicted octanol–water partition coefficient (Wildman–Crippen LogP) is 2.93. The van der Waals surface area contributed by atoms with Crippen molar-refractivity contribution in [1.29, 1.82) is 5.26 Å². The molecule has 0 aliphatic carbocycles. The van der Waals surface area contributed by atoms with Gasteiger partial charge in [0.05, 0.1) is 29.5 Å². The molecule has 1 aromatic heterocycles. The molecule has 0 radical (unpaired) electrons. The lowest BCUT2D eigenvalue weighted by molar-refractivity contribution is 0.615. The molecular formula is C14H13BrN4. The highest BCUT2D eigenvalue weighted by Gasteiger charge is 2.21. The summed E-state index contributed by atoms with van der Waals surface area (Å²) in [5.41, 5.74) is 2.64. The second-order valence-electron chi connectivity index (χ2n) is 4.61. The molecule has 0 spiro atoms. The second kappa shape index (κ2) is 5.16. The first-order chi connectivity index (χ1) is 9.29. The van der Waals surface area contributed by atoms with Crippen LogP contribution in [0.1, 0.15) is 30.1 Å². The molecule has 0 saturated carbocycles. The van der Waals surface area contributed by atoms with Gasteiger partial charge in [0, 0.05) is 10.5 Å². The van der Waals surface area contributed by atoms with Gasteiger partial charge in [-0.15, -0.1) is 0 Å². The molecule has 2 heterocycles. The topological polar surface area (TPSA) is 53.6 Å². The number of hydrogen-bond donors (Lipinski definition) is 1. The van der Waals surface area contributed by atoms with Crippen molar-refractivity contribution in [3.05, 3.63) is 46.5 Å². The summed E-state index contributed by atoms with van der Waals surface area (Å²) in [6.45, 7) is 1.04. The van der Waals surface area contributed by atoms with Gasteiger partial charge < -0.3 is 9.88 Å². The molecule has 3 rings (SSSR count). The summed E-state index contributed by atoms with van der Waals surface area (Å²) in [5, 5.41) is 12.7. The number of nitriles is 1. The molecule has 0 unspecified atom stereocenters. The second-order valence-corrected chi connectivity index (χ2v) is 5.53. The van der Waals surface area contributed by atoms with Crippen molar-refractivity contribution in [2.24, 2.45) is 0 Å². The van der Waals surface area contributed by atoms with Crippen molar-refractivity contribution in [3.8, 4) is 11.8 Å². The lowest BCUT2D eigenvalue weighted by Crippen LogP contribution is -2.16. The summed E-state index contributed by atoms with van der Waals surface area (Å²) >= 11 is 3.46. The fourth-order valence-corrected chi connectivity index (χ4v) is 2.85. The van der Waals surface area contributed by atoms with E-state index in [1.54, 1.807) is 6.33 Å². The molecule has 1 fully saturated rings. The molecular weight excluding hydrogens is 304 g/mol. The molecule has 1 aliphatic heterocycles. The van der Waals surface area contributed by atoms with Gasteiger partial charge in [-0.1, -0.05) is 15.9 Å². The first-order valence-electron chi connectivity index (χ1n) is 6.25. The standard InChI is InChI=1S/C14H13BrN4/c15-11-4-3-10(7-16)13(6-11)19-9-17-8-14(19)12-2-1-5-18-12/h3-4,6,8-9,12,18H,1-2,5H2/t12-/m0/s1. The summed E-state index contributed by atoms with van der Waals surface area (Å²) in [7, 11) is 0. The van der Waals surface area contributed by atoms with Gasteiger partial charge in [-0.25, -0.2) is 4.98 Å². The minimum atomic E-state index is 0.327. The molecule has 1 N–H and O–H groups in total. The van der Waals surface area contributed by atoms with Crippen LogP contribution in [-0.2, 0) is 0 Å². The lowest BCUT2D eigenvalue weighted by Gasteiger charge is -2.15.